The third-order valence-electron chi connectivity index (χ3n) is 5.66. The summed E-state index contributed by atoms with van der Waals surface area (Å²) >= 11 is 0. The molecule has 0 spiro atoms. The molecule has 7 nitrogen and oxygen atoms in total. The number of carbonyl (C=O) groups is 2. The first kappa shape index (κ1) is 21.8. The van der Waals surface area contributed by atoms with E-state index < -0.39 is 5.82 Å². The predicted octanol–water partition coefficient (Wildman–Crippen LogP) is 4.34. The molecule has 1 fully saturated rings. The minimum atomic E-state index is -0.474. The maximum Gasteiger partial charge on any atom is 0.256 e. The molecule has 0 aromatic heterocycles. The number of halogens is 1. The fourth-order valence-corrected chi connectivity index (χ4v) is 3.98. The molecule has 2 amide bonds. The Hall–Kier alpha value is -3.42. The number of anilines is 1. The number of fused-ring (bicyclic) bond motifs is 2. The van der Waals surface area contributed by atoms with E-state index in [1.165, 1.54) is 19.2 Å². The molecule has 2 aromatic carbocycles. The van der Waals surface area contributed by atoms with Crippen molar-refractivity contribution in [2.45, 2.75) is 38.1 Å². The predicted molar refractivity (Wildman–Crippen MR) is 120 cm³/mol. The van der Waals surface area contributed by atoms with Gasteiger partial charge in [-0.05, 0) is 43.9 Å². The van der Waals surface area contributed by atoms with Gasteiger partial charge in [0.25, 0.3) is 5.91 Å². The largest absolute Gasteiger partial charge is 0.493 e. The summed E-state index contributed by atoms with van der Waals surface area (Å²) in [5, 5.41) is 2.55. The number of benzene rings is 2. The molecule has 1 unspecified atom stereocenters. The van der Waals surface area contributed by atoms with Crippen LogP contribution >= 0.6 is 0 Å². The highest BCUT2D eigenvalue weighted by molar-refractivity contribution is 6.03. The van der Waals surface area contributed by atoms with Crippen molar-refractivity contribution < 1.29 is 23.5 Å². The highest BCUT2D eigenvalue weighted by Crippen LogP contribution is 2.37. The minimum Gasteiger partial charge on any atom is -0.493 e. The Kier molecular flexibility index (Phi) is 6.68. The van der Waals surface area contributed by atoms with Gasteiger partial charge in [0.05, 0.1) is 36.7 Å². The molecule has 1 N–H and O–H groups in total. The highest BCUT2D eigenvalue weighted by Gasteiger charge is 2.31. The van der Waals surface area contributed by atoms with Gasteiger partial charge in [-0.15, -0.1) is 0 Å². The molecular formula is C24H26FN3O4. The number of nitrogens with one attached hydrogen (secondary N) is 1. The van der Waals surface area contributed by atoms with Gasteiger partial charge in [-0.2, -0.15) is 0 Å². The number of hydrogen-bond acceptors (Lipinski definition) is 5. The lowest BCUT2D eigenvalue weighted by molar-refractivity contribution is -0.116. The van der Waals surface area contributed by atoms with Crippen LogP contribution in [0.5, 0.6) is 11.5 Å². The number of methoxy groups -OCH3 is 1. The van der Waals surface area contributed by atoms with Gasteiger partial charge >= 0.3 is 0 Å². The van der Waals surface area contributed by atoms with Gasteiger partial charge in [0, 0.05) is 25.2 Å². The van der Waals surface area contributed by atoms with Crippen LogP contribution in [-0.4, -0.2) is 49.2 Å². The Morgan fingerprint density at radius 1 is 1.25 bits per heavy atom. The van der Waals surface area contributed by atoms with E-state index in [9.17, 15) is 14.0 Å². The third kappa shape index (κ3) is 4.74. The fourth-order valence-electron chi connectivity index (χ4n) is 3.98. The number of nitrogens with zero attached hydrogens (tertiary/aromatic N) is 2. The molecule has 2 heterocycles. The normalized spacial score (nSPS) is 17.2. The van der Waals surface area contributed by atoms with E-state index in [2.05, 4.69) is 10.3 Å². The number of carbonyl (C=O) groups excluding carboxylic acids is 2. The molecule has 0 saturated carbocycles. The van der Waals surface area contributed by atoms with E-state index in [-0.39, 0.29) is 36.6 Å². The Balaban J connectivity index is 1.39. The molecule has 2 aliphatic heterocycles. The molecule has 0 aliphatic carbocycles. The van der Waals surface area contributed by atoms with Gasteiger partial charge in [-0.25, -0.2) is 4.39 Å². The van der Waals surface area contributed by atoms with Gasteiger partial charge in [-0.3, -0.25) is 14.6 Å². The number of piperidine rings is 1. The second-order valence-electron chi connectivity index (χ2n) is 7.84. The van der Waals surface area contributed by atoms with Crippen LogP contribution in [0.4, 0.5) is 15.8 Å². The number of rotatable bonds is 7. The van der Waals surface area contributed by atoms with E-state index in [4.69, 9.17) is 9.47 Å². The number of hydrogen-bond donors (Lipinski definition) is 1. The summed E-state index contributed by atoms with van der Waals surface area (Å²) in [5.74, 6) is 0.0959. The second-order valence-corrected chi connectivity index (χ2v) is 7.84. The zero-order valence-corrected chi connectivity index (χ0v) is 18.0. The third-order valence-corrected chi connectivity index (χ3v) is 5.66. The van der Waals surface area contributed by atoms with Gasteiger partial charge in [0.2, 0.25) is 5.91 Å². The number of para-hydroxylation sites is 1. The van der Waals surface area contributed by atoms with Crippen molar-refractivity contribution in [3.8, 4) is 11.5 Å². The molecule has 4 rings (SSSR count). The Morgan fingerprint density at radius 2 is 2.09 bits per heavy atom. The summed E-state index contributed by atoms with van der Waals surface area (Å²) in [4.78, 5) is 31.5. The van der Waals surface area contributed by atoms with E-state index in [1.807, 2.05) is 11.1 Å². The topological polar surface area (TPSA) is 80.2 Å². The summed E-state index contributed by atoms with van der Waals surface area (Å²) in [6.07, 6.45) is 5.44. The average Bonchev–Trinajstić information content (AvgIpc) is 2.94. The standard InChI is InChI=1S/C24H26FN3O4/c1-31-21-13-17-20(26-15-16-7-4-5-11-28(16)24(17)30)14-22(21)32-12-6-10-23(29)27-19-9-3-2-8-18(19)25/h2-3,8-9,13-16H,4-7,10-12H2,1H3,(H,27,29). The molecule has 8 heteroatoms. The lowest BCUT2D eigenvalue weighted by Crippen LogP contribution is -2.43. The van der Waals surface area contributed by atoms with Crippen molar-refractivity contribution in [2.24, 2.45) is 4.99 Å². The average molecular weight is 439 g/mol. The van der Waals surface area contributed by atoms with E-state index in [0.29, 0.717) is 29.2 Å². The van der Waals surface area contributed by atoms with Crippen LogP contribution in [0.15, 0.2) is 41.4 Å². The molecule has 2 aromatic rings. The quantitative estimate of drug-likeness (QED) is 0.651. The Morgan fingerprint density at radius 3 is 2.91 bits per heavy atom. The number of aliphatic imine (C=N–C) groups is 1. The fraction of sp³-hybridized carbons (Fsp3) is 0.375. The molecule has 1 atom stereocenters. The molecule has 32 heavy (non-hydrogen) atoms. The summed E-state index contributed by atoms with van der Waals surface area (Å²) in [6, 6.07) is 9.43. The summed E-state index contributed by atoms with van der Waals surface area (Å²) in [5.41, 5.74) is 1.21. The van der Waals surface area contributed by atoms with Crippen LogP contribution < -0.4 is 14.8 Å². The van der Waals surface area contributed by atoms with Crippen LogP contribution in [0.2, 0.25) is 0 Å². The van der Waals surface area contributed by atoms with E-state index in [1.54, 1.807) is 24.3 Å². The Labute approximate surface area is 186 Å². The summed E-state index contributed by atoms with van der Waals surface area (Å²) in [6.45, 7) is 0.983. The lowest BCUT2D eigenvalue weighted by atomic mass is 10.0. The summed E-state index contributed by atoms with van der Waals surface area (Å²) < 4.78 is 24.9. The maximum absolute atomic E-state index is 13.6. The van der Waals surface area contributed by atoms with Crippen molar-refractivity contribution in [3.05, 3.63) is 47.8 Å². The first-order valence-electron chi connectivity index (χ1n) is 10.8. The van der Waals surface area contributed by atoms with Crippen LogP contribution in [0.25, 0.3) is 0 Å². The molecule has 168 valence electrons. The number of amides is 2. The maximum atomic E-state index is 13.6. The van der Waals surface area contributed by atoms with Gasteiger partial charge in [-0.1, -0.05) is 12.1 Å². The smallest absolute Gasteiger partial charge is 0.256 e. The number of ether oxygens (including phenoxy) is 2. The monoisotopic (exact) mass is 439 g/mol. The first-order chi connectivity index (χ1) is 15.6. The molecule has 0 radical (unpaired) electrons. The van der Waals surface area contributed by atoms with Crippen LogP contribution in [0.1, 0.15) is 42.5 Å². The van der Waals surface area contributed by atoms with Gasteiger partial charge in [0.15, 0.2) is 11.5 Å². The van der Waals surface area contributed by atoms with Crippen molar-refractivity contribution >= 4 is 29.4 Å². The van der Waals surface area contributed by atoms with Crippen molar-refractivity contribution in [1.82, 2.24) is 4.90 Å². The van der Waals surface area contributed by atoms with Crippen molar-refractivity contribution in [2.75, 3.05) is 25.6 Å². The molecule has 1 saturated heterocycles. The molecular weight excluding hydrogens is 413 g/mol. The highest BCUT2D eigenvalue weighted by atomic mass is 19.1. The zero-order valence-electron chi connectivity index (χ0n) is 18.0. The van der Waals surface area contributed by atoms with E-state index >= 15 is 0 Å². The Bertz CT molecular complexity index is 1040. The van der Waals surface area contributed by atoms with Crippen LogP contribution in [0, 0.1) is 5.82 Å². The van der Waals surface area contributed by atoms with E-state index in [0.717, 1.165) is 25.8 Å². The zero-order chi connectivity index (χ0) is 22.5. The van der Waals surface area contributed by atoms with Gasteiger partial charge < -0.3 is 19.7 Å². The van der Waals surface area contributed by atoms with Crippen molar-refractivity contribution in [1.29, 1.82) is 0 Å². The second kappa shape index (κ2) is 9.80. The first-order valence-corrected chi connectivity index (χ1v) is 10.8. The van der Waals surface area contributed by atoms with Crippen LogP contribution in [0.3, 0.4) is 0 Å². The lowest BCUT2D eigenvalue weighted by Gasteiger charge is -2.32. The molecule has 0 bridgehead atoms. The van der Waals surface area contributed by atoms with Gasteiger partial charge in [0.1, 0.15) is 5.82 Å². The van der Waals surface area contributed by atoms with Crippen molar-refractivity contribution in [3.63, 3.8) is 0 Å². The molecule has 2 aliphatic rings. The summed E-state index contributed by atoms with van der Waals surface area (Å²) in [7, 11) is 1.52. The van der Waals surface area contributed by atoms with Crippen LogP contribution in [-0.2, 0) is 4.79 Å². The SMILES string of the molecule is COc1cc2c(cc1OCCCC(=O)Nc1ccccc1F)N=CC1CCCCN1C2=O. The minimum absolute atomic E-state index is 0.0203.